The molecule has 0 radical (unpaired) electrons. The molecule has 3 rings (SSSR count). The van der Waals surface area contributed by atoms with Crippen LogP contribution in [0.2, 0.25) is 0 Å². The molecular formula is C21H27N3O4. The van der Waals surface area contributed by atoms with Crippen LogP contribution in [-0.2, 0) is 16.1 Å². The van der Waals surface area contributed by atoms with Crippen LogP contribution in [0.5, 0.6) is 5.75 Å². The van der Waals surface area contributed by atoms with Crippen LogP contribution >= 0.6 is 0 Å². The summed E-state index contributed by atoms with van der Waals surface area (Å²) in [6.07, 6.45) is 2.20. The number of nitrogens with one attached hydrogen (secondary N) is 1. The van der Waals surface area contributed by atoms with E-state index in [1.165, 1.54) is 0 Å². The summed E-state index contributed by atoms with van der Waals surface area (Å²) >= 11 is 0. The zero-order valence-corrected chi connectivity index (χ0v) is 16.4. The topological polar surface area (TPSA) is 72.8 Å². The molecule has 1 atom stereocenters. The van der Waals surface area contributed by atoms with Crippen molar-refractivity contribution in [3.8, 4) is 5.75 Å². The van der Waals surface area contributed by atoms with Crippen LogP contribution in [0.25, 0.3) is 0 Å². The molecule has 2 heterocycles. The second kappa shape index (κ2) is 9.30. The van der Waals surface area contributed by atoms with Crippen molar-refractivity contribution in [3.63, 3.8) is 0 Å². The predicted octanol–water partition coefficient (Wildman–Crippen LogP) is 2.95. The van der Waals surface area contributed by atoms with Crippen molar-refractivity contribution in [2.24, 2.45) is 0 Å². The summed E-state index contributed by atoms with van der Waals surface area (Å²) in [5.74, 6) is 0.501. The molecule has 0 spiro atoms. The summed E-state index contributed by atoms with van der Waals surface area (Å²) < 4.78 is 12.6. The van der Waals surface area contributed by atoms with E-state index in [0.717, 1.165) is 23.6 Å². The maximum atomic E-state index is 12.9. The van der Waals surface area contributed by atoms with Gasteiger partial charge in [0.1, 0.15) is 5.75 Å². The van der Waals surface area contributed by atoms with Gasteiger partial charge in [0.2, 0.25) is 0 Å². The first kappa shape index (κ1) is 19.8. The first-order chi connectivity index (χ1) is 13.6. The van der Waals surface area contributed by atoms with Crippen LogP contribution in [0.4, 0.5) is 4.79 Å². The molecule has 1 aliphatic heterocycles. The number of nitrogens with zero attached hydrogens (tertiary/aromatic N) is 2. The normalized spacial score (nSPS) is 15.6. The summed E-state index contributed by atoms with van der Waals surface area (Å²) in [7, 11) is 0. The molecule has 1 aromatic heterocycles. The molecule has 7 heteroatoms. The highest BCUT2D eigenvalue weighted by Gasteiger charge is 2.32. The van der Waals surface area contributed by atoms with Gasteiger partial charge in [-0.15, -0.1) is 0 Å². The molecule has 0 aliphatic carbocycles. The molecule has 0 saturated carbocycles. The lowest BCUT2D eigenvalue weighted by molar-refractivity contribution is -0.142. The number of fused-ring (bicyclic) bond motifs is 1. The monoisotopic (exact) mass is 385 g/mol. The van der Waals surface area contributed by atoms with Gasteiger partial charge in [-0.2, -0.15) is 0 Å². The van der Waals surface area contributed by atoms with Crippen LogP contribution in [0.1, 0.15) is 37.6 Å². The van der Waals surface area contributed by atoms with E-state index in [9.17, 15) is 9.59 Å². The molecule has 0 fully saturated rings. The van der Waals surface area contributed by atoms with Gasteiger partial charge in [0, 0.05) is 31.5 Å². The molecule has 1 aliphatic rings. The maximum Gasteiger partial charge on any atom is 0.318 e. The van der Waals surface area contributed by atoms with Gasteiger partial charge >= 0.3 is 12.0 Å². The fourth-order valence-electron chi connectivity index (χ4n) is 3.47. The molecule has 2 aromatic rings. The lowest BCUT2D eigenvalue weighted by atomic mass is 10.00. The average molecular weight is 385 g/mol. The van der Waals surface area contributed by atoms with Crippen molar-refractivity contribution in [2.45, 2.75) is 32.9 Å². The number of aromatic nitrogens is 1. The Hall–Kier alpha value is -2.96. The van der Waals surface area contributed by atoms with E-state index in [1.54, 1.807) is 6.92 Å². The molecule has 7 nitrogen and oxygen atoms in total. The van der Waals surface area contributed by atoms with Crippen LogP contribution < -0.4 is 10.1 Å². The smallest absolute Gasteiger partial charge is 0.318 e. The third-order valence-electron chi connectivity index (χ3n) is 4.72. The third kappa shape index (κ3) is 4.47. The number of ether oxygens (including phenoxy) is 2. The molecule has 0 unspecified atom stereocenters. The predicted molar refractivity (Wildman–Crippen MR) is 105 cm³/mol. The number of carbonyl (C=O) groups excluding carboxylic acids is 2. The quantitative estimate of drug-likeness (QED) is 0.744. The van der Waals surface area contributed by atoms with Crippen molar-refractivity contribution >= 4 is 12.0 Å². The van der Waals surface area contributed by atoms with Crippen LogP contribution in [0.3, 0.4) is 0 Å². The first-order valence-corrected chi connectivity index (χ1v) is 9.72. The van der Waals surface area contributed by atoms with E-state index in [-0.39, 0.29) is 31.0 Å². The molecule has 150 valence electrons. The molecule has 2 amide bonds. The second-order valence-electron chi connectivity index (χ2n) is 6.51. The molecule has 0 saturated heterocycles. The fraction of sp³-hybridized carbons (Fsp3) is 0.429. The highest BCUT2D eigenvalue weighted by molar-refractivity contribution is 5.76. The summed E-state index contributed by atoms with van der Waals surface area (Å²) in [5, 5.41) is 2.85. The molecule has 0 bridgehead atoms. The van der Waals surface area contributed by atoms with Crippen molar-refractivity contribution in [3.05, 3.63) is 53.9 Å². The highest BCUT2D eigenvalue weighted by atomic mass is 16.5. The molecule has 28 heavy (non-hydrogen) atoms. The standard InChI is InChI=1S/C21H27N3O4/c1-3-27-17-9-7-16(8-10-17)20-18-6-5-13-23(18)14-15-24(20)21(26)22-12-11-19(25)28-4-2/h5-10,13,20H,3-4,11-12,14-15H2,1-2H3,(H,22,26)/t20-/m0/s1. The Balaban J connectivity index is 1.75. The van der Waals surface area contributed by atoms with Crippen molar-refractivity contribution < 1.29 is 19.1 Å². The van der Waals surface area contributed by atoms with Crippen LogP contribution in [0.15, 0.2) is 42.6 Å². The van der Waals surface area contributed by atoms with Gasteiger partial charge in [0.05, 0.1) is 25.7 Å². The number of esters is 1. The summed E-state index contributed by atoms with van der Waals surface area (Å²) in [4.78, 5) is 26.2. The first-order valence-electron chi connectivity index (χ1n) is 9.72. The number of urea groups is 1. The number of hydrogen-bond donors (Lipinski definition) is 1. The maximum absolute atomic E-state index is 12.9. The number of carbonyl (C=O) groups is 2. The van der Waals surface area contributed by atoms with Gasteiger partial charge < -0.3 is 24.3 Å². The minimum absolute atomic E-state index is 0.164. The van der Waals surface area contributed by atoms with E-state index in [1.807, 2.05) is 54.4 Å². The van der Waals surface area contributed by atoms with Gasteiger partial charge in [0.25, 0.3) is 0 Å². The van der Waals surface area contributed by atoms with Gasteiger partial charge in [-0.05, 0) is 43.7 Å². The minimum atomic E-state index is -0.307. The zero-order valence-electron chi connectivity index (χ0n) is 16.4. The lowest BCUT2D eigenvalue weighted by Gasteiger charge is -2.37. The Morgan fingerprint density at radius 1 is 1.11 bits per heavy atom. The molecule has 1 N–H and O–H groups in total. The van der Waals surface area contributed by atoms with Gasteiger partial charge in [0.15, 0.2) is 0 Å². The number of benzene rings is 1. The Labute approximate surface area is 165 Å². The van der Waals surface area contributed by atoms with E-state index in [0.29, 0.717) is 19.8 Å². The number of amides is 2. The van der Waals surface area contributed by atoms with Gasteiger partial charge in [-0.3, -0.25) is 4.79 Å². The summed E-state index contributed by atoms with van der Waals surface area (Å²) in [6, 6.07) is 11.5. The van der Waals surface area contributed by atoms with E-state index >= 15 is 0 Å². The highest BCUT2D eigenvalue weighted by Crippen LogP contribution is 2.33. The zero-order chi connectivity index (χ0) is 19.9. The van der Waals surface area contributed by atoms with Crippen LogP contribution in [0, 0.1) is 0 Å². The Kier molecular flexibility index (Phi) is 6.57. The van der Waals surface area contributed by atoms with E-state index in [2.05, 4.69) is 9.88 Å². The van der Waals surface area contributed by atoms with Crippen LogP contribution in [-0.4, -0.2) is 47.8 Å². The Morgan fingerprint density at radius 2 is 1.89 bits per heavy atom. The molecular weight excluding hydrogens is 358 g/mol. The Bertz CT molecular complexity index is 800. The minimum Gasteiger partial charge on any atom is -0.494 e. The summed E-state index contributed by atoms with van der Waals surface area (Å²) in [5.41, 5.74) is 2.08. The average Bonchev–Trinajstić information content (AvgIpc) is 3.17. The number of rotatable bonds is 7. The SMILES string of the molecule is CCOC(=O)CCNC(=O)N1CCn2cccc2[C@@H]1c1ccc(OCC)cc1. The van der Waals surface area contributed by atoms with Crippen molar-refractivity contribution in [1.82, 2.24) is 14.8 Å². The second-order valence-corrected chi connectivity index (χ2v) is 6.51. The van der Waals surface area contributed by atoms with E-state index in [4.69, 9.17) is 9.47 Å². The Morgan fingerprint density at radius 3 is 2.61 bits per heavy atom. The summed E-state index contributed by atoms with van der Waals surface area (Å²) in [6.45, 7) is 6.25. The van der Waals surface area contributed by atoms with E-state index < -0.39 is 0 Å². The number of hydrogen-bond acceptors (Lipinski definition) is 4. The third-order valence-corrected chi connectivity index (χ3v) is 4.72. The largest absolute Gasteiger partial charge is 0.494 e. The lowest BCUT2D eigenvalue weighted by Crippen LogP contribution is -2.47. The molecule has 1 aromatic carbocycles. The van der Waals surface area contributed by atoms with Crippen molar-refractivity contribution in [2.75, 3.05) is 26.3 Å². The van der Waals surface area contributed by atoms with Gasteiger partial charge in [-0.1, -0.05) is 12.1 Å². The fourth-order valence-corrected chi connectivity index (χ4v) is 3.47. The van der Waals surface area contributed by atoms with Gasteiger partial charge in [-0.25, -0.2) is 4.79 Å². The van der Waals surface area contributed by atoms with Crippen molar-refractivity contribution in [1.29, 1.82) is 0 Å².